The lowest BCUT2D eigenvalue weighted by Gasteiger charge is -2.17. The van der Waals surface area contributed by atoms with Crippen molar-refractivity contribution in [3.63, 3.8) is 0 Å². The number of anilines is 2. The van der Waals surface area contributed by atoms with Gasteiger partial charge < -0.3 is 10.6 Å². The first-order valence-corrected chi connectivity index (χ1v) is 12.0. The molecule has 0 unspecified atom stereocenters. The predicted octanol–water partition coefficient (Wildman–Crippen LogP) is 6.38. The summed E-state index contributed by atoms with van der Waals surface area (Å²) < 4.78 is 30.0. The van der Waals surface area contributed by atoms with Crippen molar-refractivity contribution in [1.82, 2.24) is 25.1 Å². The number of aromatic nitrogens is 4. The molecular formula is C27H30F2N6O. The van der Waals surface area contributed by atoms with Gasteiger partial charge in [0.2, 0.25) is 0 Å². The molecule has 7 nitrogen and oxygen atoms in total. The van der Waals surface area contributed by atoms with Crippen LogP contribution in [0.25, 0.3) is 22.3 Å². The molecular weight excluding hydrogens is 462 g/mol. The standard InChI is InChI=1S/C27H30F2N6O/c1-15(2)6-9-21-17(5)23(13-24(33-21)19-12-18(28)7-8-20(19)29)34-22-10-11-30-25-14-31-35(26(22)25)27(36)32-16(3)4/h7-8,10-16H,6,9H2,1-5H3,(H,32,36)(H,30,33,34). The topological polar surface area (TPSA) is 84.7 Å². The highest BCUT2D eigenvalue weighted by atomic mass is 19.1. The lowest BCUT2D eigenvalue weighted by Crippen LogP contribution is -2.34. The number of hydrogen-bond donors (Lipinski definition) is 2. The van der Waals surface area contributed by atoms with Gasteiger partial charge in [-0.05, 0) is 75.4 Å². The van der Waals surface area contributed by atoms with Gasteiger partial charge in [0.15, 0.2) is 0 Å². The number of halogens is 2. The maximum Gasteiger partial charge on any atom is 0.342 e. The number of fused-ring (bicyclic) bond motifs is 1. The van der Waals surface area contributed by atoms with Gasteiger partial charge in [0.05, 0.1) is 17.6 Å². The van der Waals surface area contributed by atoms with Gasteiger partial charge in [-0.1, -0.05) is 13.8 Å². The van der Waals surface area contributed by atoms with Crippen molar-refractivity contribution in [2.75, 3.05) is 5.32 Å². The molecule has 0 saturated carbocycles. The molecule has 0 bridgehead atoms. The Morgan fingerprint density at radius 2 is 1.86 bits per heavy atom. The second kappa shape index (κ2) is 10.4. The second-order valence-electron chi connectivity index (χ2n) is 9.56. The van der Waals surface area contributed by atoms with E-state index in [1.54, 1.807) is 18.3 Å². The normalized spacial score (nSPS) is 11.5. The minimum atomic E-state index is -0.553. The third-order valence-electron chi connectivity index (χ3n) is 5.87. The summed E-state index contributed by atoms with van der Waals surface area (Å²) in [5.74, 6) is -0.642. The van der Waals surface area contributed by atoms with Crippen molar-refractivity contribution < 1.29 is 13.6 Å². The number of carbonyl (C=O) groups excluding carboxylic acids is 1. The Hall–Kier alpha value is -3.88. The number of aryl methyl sites for hydroxylation is 1. The Bertz CT molecular complexity index is 1410. The number of hydrogen-bond acceptors (Lipinski definition) is 5. The number of benzene rings is 1. The fraction of sp³-hybridized carbons (Fsp3) is 0.333. The van der Waals surface area contributed by atoms with Crippen LogP contribution in [0, 0.1) is 24.5 Å². The van der Waals surface area contributed by atoms with Crippen LogP contribution in [0.2, 0.25) is 0 Å². The Balaban J connectivity index is 1.84. The number of carbonyl (C=O) groups is 1. The number of amides is 1. The maximum absolute atomic E-state index is 14.7. The molecule has 4 rings (SSSR count). The van der Waals surface area contributed by atoms with Gasteiger partial charge in [0.25, 0.3) is 0 Å². The molecule has 1 aromatic carbocycles. The molecule has 1 amide bonds. The summed E-state index contributed by atoms with van der Waals surface area (Å²) in [5.41, 5.74) is 4.43. The quantitative estimate of drug-likeness (QED) is 0.313. The highest BCUT2D eigenvalue weighted by molar-refractivity contribution is 5.97. The van der Waals surface area contributed by atoms with E-state index >= 15 is 0 Å². The molecule has 0 aliphatic heterocycles. The van der Waals surface area contributed by atoms with Gasteiger partial charge >= 0.3 is 6.03 Å². The van der Waals surface area contributed by atoms with Gasteiger partial charge in [-0.2, -0.15) is 9.78 Å². The number of rotatable bonds is 7. The smallest absolute Gasteiger partial charge is 0.342 e. The van der Waals surface area contributed by atoms with E-state index in [-0.39, 0.29) is 17.6 Å². The molecule has 4 aromatic rings. The first kappa shape index (κ1) is 25.2. The Morgan fingerprint density at radius 3 is 2.58 bits per heavy atom. The zero-order valence-electron chi connectivity index (χ0n) is 21.1. The molecule has 0 atom stereocenters. The van der Waals surface area contributed by atoms with Crippen molar-refractivity contribution in [3.8, 4) is 11.3 Å². The fourth-order valence-electron chi connectivity index (χ4n) is 3.96. The Kier molecular flexibility index (Phi) is 7.28. The van der Waals surface area contributed by atoms with Crippen LogP contribution in [0.5, 0.6) is 0 Å². The number of nitrogens with zero attached hydrogens (tertiary/aromatic N) is 4. The summed E-state index contributed by atoms with van der Waals surface area (Å²) in [6.45, 7) is 9.93. The van der Waals surface area contributed by atoms with E-state index in [1.807, 2.05) is 20.8 Å². The minimum Gasteiger partial charge on any atom is -0.353 e. The van der Waals surface area contributed by atoms with Crippen LogP contribution < -0.4 is 10.6 Å². The fourth-order valence-corrected chi connectivity index (χ4v) is 3.96. The van der Waals surface area contributed by atoms with Crippen molar-refractivity contribution in [2.45, 2.75) is 53.5 Å². The number of pyridine rings is 2. The summed E-state index contributed by atoms with van der Waals surface area (Å²) in [4.78, 5) is 21.8. The first-order chi connectivity index (χ1) is 17.1. The van der Waals surface area contributed by atoms with E-state index in [9.17, 15) is 13.6 Å². The van der Waals surface area contributed by atoms with Gasteiger partial charge in [-0.15, -0.1) is 0 Å². The molecule has 0 aliphatic rings. The van der Waals surface area contributed by atoms with Crippen LogP contribution in [0.3, 0.4) is 0 Å². The third-order valence-corrected chi connectivity index (χ3v) is 5.87. The largest absolute Gasteiger partial charge is 0.353 e. The van der Waals surface area contributed by atoms with Crippen molar-refractivity contribution >= 4 is 28.4 Å². The maximum atomic E-state index is 14.7. The van der Waals surface area contributed by atoms with Crippen LogP contribution in [-0.4, -0.2) is 31.8 Å². The Morgan fingerprint density at radius 1 is 1.08 bits per heavy atom. The zero-order chi connectivity index (χ0) is 26.0. The van der Waals surface area contributed by atoms with E-state index in [0.29, 0.717) is 40.4 Å². The Labute approximate surface area is 209 Å². The van der Waals surface area contributed by atoms with Crippen LogP contribution in [0.1, 0.15) is 45.4 Å². The van der Waals surface area contributed by atoms with Gasteiger partial charge in [0.1, 0.15) is 22.7 Å². The zero-order valence-corrected chi connectivity index (χ0v) is 21.1. The van der Waals surface area contributed by atoms with Crippen LogP contribution in [-0.2, 0) is 6.42 Å². The molecule has 2 N–H and O–H groups in total. The predicted molar refractivity (Wildman–Crippen MR) is 137 cm³/mol. The molecule has 0 fully saturated rings. The lowest BCUT2D eigenvalue weighted by atomic mass is 10.0. The summed E-state index contributed by atoms with van der Waals surface area (Å²) in [6.07, 6.45) is 4.73. The van der Waals surface area contributed by atoms with E-state index in [4.69, 9.17) is 4.98 Å². The second-order valence-corrected chi connectivity index (χ2v) is 9.56. The van der Waals surface area contributed by atoms with E-state index in [2.05, 4.69) is 34.6 Å². The monoisotopic (exact) mass is 492 g/mol. The highest BCUT2D eigenvalue weighted by Gasteiger charge is 2.19. The molecule has 0 saturated heterocycles. The van der Waals surface area contributed by atoms with Crippen molar-refractivity contribution in [3.05, 3.63) is 65.6 Å². The molecule has 188 valence electrons. The van der Waals surface area contributed by atoms with Gasteiger partial charge in [-0.3, -0.25) is 9.97 Å². The molecule has 0 aliphatic carbocycles. The molecule has 0 spiro atoms. The van der Waals surface area contributed by atoms with E-state index in [0.717, 1.165) is 35.9 Å². The first-order valence-electron chi connectivity index (χ1n) is 12.0. The average molecular weight is 493 g/mol. The molecule has 9 heteroatoms. The molecule has 3 aromatic heterocycles. The summed E-state index contributed by atoms with van der Waals surface area (Å²) in [7, 11) is 0. The number of nitrogens with one attached hydrogen (secondary N) is 2. The third kappa shape index (κ3) is 5.35. The average Bonchev–Trinajstić information content (AvgIpc) is 3.26. The van der Waals surface area contributed by atoms with E-state index in [1.165, 1.54) is 10.9 Å². The highest BCUT2D eigenvalue weighted by Crippen LogP contribution is 2.32. The molecule has 0 radical (unpaired) electrons. The SMILES string of the molecule is Cc1c(Nc2ccnc3cnn(C(=O)NC(C)C)c23)cc(-c2cc(F)ccc2F)nc1CCC(C)C. The van der Waals surface area contributed by atoms with Crippen LogP contribution in [0.15, 0.2) is 42.7 Å². The van der Waals surface area contributed by atoms with Crippen LogP contribution in [0.4, 0.5) is 25.0 Å². The lowest BCUT2D eigenvalue weighted by molar-refractivity contribution is 0.238. The van der Waals surface area contributed by atoms with Gasteiger partial charge in [0, 0.05) is 29.2 Å². The van der Waals surface area contributed by atoms with Gasteiger partial charge in [-0.25, -0.2) is 13.6 Å². The van der Waals surface area contributed by atoms with E-state index < -0.39 is 11.6 Å². The summed E-state index contributed by atoms with van der Waals surface area (Å²) in [5, 5.41) is 10.4. The summed E-state index contributed by atoms with van der Waals surface area (Å²) >= 11 is 0. The minimum absolute atomic E-state index is 0.0699. The molecule has 36 heavy (non-hydrogen) atoms. The summed E-state index contributed by atoms with van der Waals surface area (Å²) in [6, 6.07) is 6.35. The van der Waals surface area contributed by atoms with Crippen LogP contribution >= 0.6 is 0 Å². The van der Waals surface area contributed by atoms with Crippen molar-refractivity contribution in [2.24, 2.45) is 5.92 Å². The molecule has 3 heterocycles. The van der Waals surface area contributed by atoms with Crippen molar-refractivity contribution in [1.29, 1.82) is 0 Å².